The Balaban J connectivity index is 1.31. The second-order valence-corrected chi connectivity index (χ2v) is 9.09. The number of nitrogens with two attached hydrogens (primary N) is 1. The molecule has 0 aromatic heterocycles. The van der Waals surface area contributed by atoms with Crippen molar-refractivity contribution in [2.75, 3.05) is 45.0 Å². The van der Waals surface area contributed by atoms with Crippen molar-refractivity contribution in [1.82, 2.24) is 4.90 Å². The number of carboxylic acid groups (broad SMARTS) is 1. The van der Waals surface area contributed by atoms with Crippen LogP contribution in [0.2, 0.25) is 0 Å². The van der Waals surface area contributed by atoms with E-state index in [-0.39, 0.29) is 23.1 Å². The molecular weight excluding hydrogens is 494 g/mol. The molecule has 2 aromatic rings. The Morgan fingerprint density at radius 3 is 2.29 bits per heavy atom. The Labute approximate surface area is 220 Å². The van der Waals surface area contributed by atoms with Crippen molar-refractivity contribution in [2.45, 2.75) is 31.7 Å². The van der Waals surface area contributed by atoms with Gasteiger partial charge in [0, 0.05) is 24.7 Å². The van der Waals surface area contributed by atoms with Crippen LogP contribution >= 0.6 is 0 Å². The van der Waals surface area contributed by atoms with Crippen molar-refractivity contribution in [3.63, 3.8) is 0 Å². The molecule has 0 radical (unpaired) electrons. The summed E-state index contributed by atoms with van der Waals surface area (Å²) in [7, 11) is 2.93. The summed E-state index contributed by atoms with van der Waals surface area (Å²) in [5, 5.41) is 12.0. The summed E-state index contributed by atoms with van der Waals surface area (Å²) < 4.78 is 22.3. The summed E-state index contributed by atoms with van der Waals surface area (Å²) in [6.07, 6.45) is 2.66. The lowest BCUT2D eigenvalue weighted by Crippen LogP contribution is -2.40. The lowest BCUT2D eigenvalue weighted by Gasteiger charge is -2.19. The Hall–Kier alpha value is -4.41. The van der Waals surface area contributed by atoms with Crippen LogP contribution in [0.5, 0.6) is 23.0 Å². The molecular formula is C27H31N3O8. The monoisotopic (exact) mass is 525 g/mol. The lowest BCUT2D eigenvalue weighted by atomic mass is 10.1. The average Bonchev–Trinajstić information content (AvgIpc) is 3.25. The van der Waals surface area contributed by atoms with Gasteiger partial charge in [0.05, 0.1) is 49.9 Å². The van der Waals surface area contributed by atoms with Gasteiger partial charge in [0.25, 0.3) is 5.91 Å². The Morgan fingerprint density at radius 1 is 1.03 bits per heavy atom. The maximum atomic E-state index is 13.1. The van der Waals surface area contributed by atoms with Crippen molar-refractivity contribution < 1.29 is 38.4 Å². The molecule has 1 fully saturated rings. The molecule has 2 aliphatic heterocycles. The van der Waals surface area contributed by atoms with Crippen molar-refractivity contribution in [2.24, 2.45) is 0 Å². The van der Waals surface area contributed by atoms with E-state index in [1.165, 1.54) is 31.3 Å². The highest BCUT2D eigenvalue weighted by molar-refractivity contribution is 6.11. The van der Waals surface area contributed by atoms with E-state index in [0.29, 0.717) is 73.3 Å². The summed E-state index contributed by atoms with van der Waals surface area (Å²) in [6.45, 7) is 5.04. The molecule has 2 heterocycles. The van der Waals surface area contributed by atoms with E-state index in [1.807, 2.05) is 0 Å². The van der Waals surface area contributed by atoms with E-state index in [2.05, 4.69) is 11.9 Å². The number of anilines is 2. The third-order valence-corrected chi connectivity index (χ3v) is 6.48. The topological polar surface area (TPSA) is 150 Å². The molecule has 4 rings (SSSR count). The number of ether oxygens (including phenoxy) is 4. The minimum Gasteiger partial charge on any atom is -0.493 e. The predicted octanol–water partition coefficient (Wildman–Crippen LogP) is 3.34. The summed E-state index contributed by atoms with van der Waals surface area (Å²) in [6, 6.07) is 5.44. The van der Waals surface area contributed by atoms with Crippen LogP contribution in [0.4, 0.5) is 11.4 Å². The number of carboxylic acids is 1. The number of hydrogen-bond donors (Lipinski definition) is 3. The quantitative estimate of drug-likeness (QED) is 0.228. The van der Waals surface area contributed by atoms with Gasteiger partial charge in [0.1, 0.15) is 6.04 Å². The molecule has 4 N–H and O–H groups in total. The Bertz CT molecular complexity index is 1280. The molecule has 38 heavy (non-hydrogen) atoms. The molecule has 0 aliphatic carbocycles. The number of amides is 2. The van der Waals surface area contributed by atoms with E-state index >= 15 is 0 Å². The molecule has 0 saturated carbocycles. The van der Waals surface area contributed by atoms with Crippen LogP contribution < -0.4 is 30.0 Å². The van der Waals surface area contributed by atoms with E-state index in [4.69, 9.17) is 24.7 Å². The smallest absolute Gasteiger partial charge is 0.337 e. The normalized spacial score (nSPS) is 16.3. The van der Waals surface area contributed by atoms with Crippen molar-refractivity contribution in [3.05, 3.63) is 47.5 Å². The molecule has 1 saturated heterocycles. The van der Waals surface area contributed by atoms with Crippen molar-refractivity contribution in [3.8, 4) is 23.0 Å². The first-order valence-electron chi connectivity index (χ1n) is 12.2. The standard InChI is InChI=1S/C27H31N3O8/c1-15-9-20-25(31)29-19-13-24(22(36-3)11-17(19)26(32)30(20)14-15)38-8-6-4-5-7-37-23-12-18(28)16(27(33)34)10-21(23)35-2/h10-13,20H,1,4-9,14,28H2,2-3H3,(H,29,31)(H,33,34)/t20-/m0/s1. The summed E-state index contributed by atoms with van der Waals surface area (Å²) in [5.74, 6) is -0.125. The fourth-order valence-electron chi connectivity index (χ4n) is 4.51. The van der Waals surface area contributed by atoms with Gasteiger partial charge in [-0.3, -0.25) is 9.59 Å². The van der Waals surface area contributed by atoms with E-state index in [0.717, 1.165) is 12.0 Å². The van der Waals surface area contributed by atoms with Gasteiger partial charge in [0.15, 0.2) is 23.0 Å². The number of fused-ring (bicyclic) bond motifs is 2. The van der Waals surface area contributed by atoms with E-state index in [9.17, 15) is 19.5 Å². The summed E-state index contributed by atoms with van der Waals surface area (Å²) >= 11 is 0. The molecule has 0 spiro atoms. The van der Waals surface area contributed by atoms with E-state index in [1.54, 1.807) is 12.1 Å². The number of rotatable bonds is 11. The van der Waals surface area contributed by atoms with Crippen molar-refractivity contribution >= 4 is 29.2 Å². The second-order valence-electron chi connectivity index (χ2n) is 9.09. The number of aromatic carboxylic acids is 1. The minimum atomic E-state index is -1.14. The molecule has 0 bridgehead atoms. The molecule has 2 amide bonds. The molecule has 2 aromatic carbocycles. The zero-order valence-corrected chi connectivity index (χ0v) is 21.4. The van der Waals surface area contributed by atoms with Gasteiger partial charge in [-0.15, -0.1) is 0 Å². The van der Waals surface area contributed by atoms with Gasteiger partial charge in [-0.05, 0) is 31.7 Å². The molecule has 2 aliphatic rings. The molecule has 202 valence electrons. The SMILES string of the molecule is C=C1C[C@H]2C(=O)Nc3cc(OCCCCCOc4cc(N)c(C(=O)O)cc4OC)c(OC)cc3C(=O)N2C1. The van der Waals surface area contributed by atoms with Crippen LogP contribution in [0.25, 0.3) is 0 Å². The number of hydrogen-bond acceptors (Lipinski definition) is 8. The minimum absolute atomic E-state index is 0.0465. The zero-order valence-electron chi connectivity index (χ0n) is 21.4. The highest BCUT2D eigenvalue weighted by Crippen LogP contribution is 2.38. The van der Waals surface area contributed by atoms with Gasteiger partial charge in [-0.1, -0.05) is 12.2 Å². The predicted molar refractivity (Wildman–Crippen MR) is 139 cm³/mol. The van der Waals surface area contributed by atoms with Gasteiger partial charge in [-0.25, -0.2) is 4.79 Å². The maximum absolute atomic E-state index is 13.1. The number of nitrogen functional groups attached to an aromatic ring is 1. The summed E-state index contributed by atoms with van der Waals surface area (Å²) in [4.78, 5) is 38.6. The lowest BCUT2D eigenvalue weighted by molar-refractivity contribution is -0.119. The second kappa shape index (κ2) is 11.3. The van der Waals surface area contributed by atoms with Crippen LogP contribution in [0, 0.1) is 0 Å². The first-order valence-corrected chi connectivity index (χ1v) is 12.2. The van der Waals surface area contributed by atoms with Crippen LogP contribution in [0.1, 0.15) is 46.4 Å². The van der Waals surface area contributed by atoms with Crippen LogP contribution in [0.3, 0.4) is 0 Å². The van der Waals surface area contributed by atoms with Crippen LogP contribution in [0.15, 0.2) is 36.4 Å². The molecule has 1 atom stereocenters. The zero-order chi connectivity index (χ0) is 27.4. The number of unbranched alkanes of at least 4 members (excludes halogenated alkanes) is 2. The van der Waals surface area contributed by atoms with Gasteiger partial charge in [-0.2, -0.15) is 0 Å². The first kappa shape index (κ1) is 26.6. The number of carbonyl (C=O) groups is 3. The maximum Gasteiger partial charge on any atom is 0.337 e. The summed E-state index contributed by atoms with van der Waals surface area (Å²) in [5.41, 5.74) is 7.44. The largest absolute Gasteiger partial charge is 0.493 e. The average molecular weight is 526 g/mol. The number of nitrogens with zero attached hydrogens (tertiary/aromatic N) is 1. The fourth-order valence-corrected chi connectivity index (χ4v) is 4.51. The number of nitrogens with one attached hydrogen (secondary N) is 1. The van der Waals surface area contributed by atoms with Crippen molar-refractivity contribution in [1.29, 1.82) is 0 Å². The highest BCUT2D eigenvalue weighted by Gasteiger charge is 2.40. The first-order chi connectivity index (χ1) is 18.2. The third-order valence-electron chi connectivity index (χ3n) is 6.48. The molecule has 11 nitrogen and oxygen atoms in total. The molecule has 11 heteroatoms. The van der Waals surface area contributed by atoms with Crippen LogP contribution in [-0.4, -0.2) is 67.8 Å². The third kappa shape index (κ3) is 5.46. The Morgan fingerprint density at radius 2 is 1.66 bits per heavy atom. The van der Waals surface area contributed by atoms with Crippen LogP contribution in [-0.2, 0) is 4.79 Å². The number of benzene rings is 2. The van der Waals surface area contributed by atoms with Gasteiger partial charge >= 0.3 is 5.97 Å². The number of methoxy groups -OCH3 is 2. The van der Waals surface area contributed by atoms with Gasteiger partial charge < -0.3 is 40.0 Å². The van der Waals surface area contributed by atoms with Gasteiger partial charge in [0.2, 0.25) is 5.91 Å². The molecule has 0 unspecified atom stereocenters. The Kier molecular flexibility index (Phi) is 7.94. The number of carbonyl (C=O) groups excluding carboxylic acids is 2. The van der Waals surface area contributed by atoms with E-state index < -0.39 is 12.0 Å². The fraction of sp³-hybridized carbons (Fsp3) is 0.370. The highest BCUT2D eigenvalue weighted by atomic mass is 16.5.